The highest BCUT2D eigenvalue weighted by molar-refractivity contribution is 6.67. The smallest absolute Gasteiger partial charge is 0.109 e. The van der Waals surface area contributed by atoms with E-state index in [4.69, 9.17) is 139 Å². The van der Waals surface area contributed by atoms with Gasteiger partial charge in [-0.15, -0.1) is 46.4 Å². The van der Waals surface area contributed by atoms with Gasteiger partial charge in [-0.1, -0.05) is 92.8 Å². The van der Waals surface area contributed by atoms with Crippen LogP contribution in [0, 0.1) is 47.3 Å². The fourth-order valence-electron chi connectivity index (χ4n) is 9.37. The molecule has 5 saturated carbocycles. The summed E-state index contributed by atoms with van der Waals surface area (Å²) in [4.78, 5) is -5.11. The van der Waals surface area contributed by atoms with Gasteiger partial charge in [0.2, 0.25) is 0 Å². The van der Waals surface area contributed by atoms with Crippen molar-refractivity contribution in [2.75, 3.05) is 0 Å². The third kappa shape index (κ3) is 1.85. The molecule has 0 spiro atoms. The van der Waals surface area contributed by atoms with Gasteiger partial charge in [0.25, 0.3) is 0 Å². The van der Waals surface area contributed by atoms with Gasteiger partial charge in [-0.25, -0.2) is 0 Å². The molecule has 7 rings (SSSR count). The van der Waals surface area contributed by atoms with Gasteiger partial charge in [0.15, 0.2) is 8.67 Å². The molecule has 6 bridgehead atoms. The Kier molecular flexibility index (Phi) is 4.68. The average Bonchev–Trinajstić information content (AvgIpc) is 3.48. The lowest BCUT2D eigenvalue weighted by Gasteiger charge is -2.47. The number of allylic oxidation sites excluding steroid dienone is 4. The molecule has 0 heterocycles. The molecule has 5 fully saturated rings. The van der Waals surface area contributed by atoms with Crippen LogP contribution in [0.2, 0.25) is 0 Å². The maximum Gasteiger partial charge on any atom is 0.166 e. The fraction of sp³-hybridized carbons (Fsp3) is 0.800. The second-order valence-corrected chi connectivity index (χ2v) is 17.0. The van der Waals surface area contributed by atoms with Gasteiger partial charge in [0, 0.05) is 0 Å². The van der Waals surface area contributed by atoms with Gasteiger partial charge in [-0.2, -0.15) is 0 Å². The monoisotopic (exact) mass is 672 g/mol. The van der Waals surface area contributed by atoms with Crippen molar-refractivity contribution in [3.05, 3.63) is 20.1 Å². The van der Waals surface area contributed by atoms with Crippen molar-refractivity contribution in [3.63, 3.8) is 0 Å². The van der Waals surface area contributed by atoms with E-state index in [9.17, 15) is 0 Å². The average molecular weight is 678 g/mol. The van der Waals surface area contributed by atoms with Gasteiger partial charge in [0.05, 0.1) is 20.1 Å². The number of hydrogen-bond acceptors (Lipinski definition) is 0. The minimum atomic E-state index is -1.55. The first-order valence-electron chi connectivity index (χ1n) is 10.2. The molecule has 0 saturated heterocycles. The second-order valence-electron chi connectivity index (χ2n) is 10.5. The Morgan fingerprint density at radius 3 is 1.41 bits per heavy atom. The summed E-state index contributed by atoms with van der Waals surface area (Å²) in [6.07, 6.45) is 1.64. The molecule has 0 N–H and O–H groups in total. The Morgan fingerprint density at radius 2 is 0.875 bits per heavy atom. The minimum Gasteiger partial charge on any atom is -0.109 e. The molecule has 12 heteroatoms. The summed E-state index contributed by atoms with van der Waals surface area (Å²) in [5, 5.41) is 0.952. The van der Waals surface area contributed by atoms with E-state index in [-0.39, 0.29) is 67.5 Å². The summed E-state index contributed by atoms with van der Waals surface area (Å²) < 4.78 is -3.10. The number of rotatable bonds is 0. The lowest BCUT2D eigenvalue weighted by Crippen LogP contribution is -2.51. The highest BCUT2D eigenvalue weighted by Crippen LogP contribution is 2.89. The lowest BCUT2D eigenvalue weighted by molar-refractivity contribution is 0.0869. The zero-order valence-electron chi connectivity index (χ0n) is 15.6. The molecule has 12 unspecified atom stereocenters. The highest BCUT2D eigenvalue weighted by atomic mass is 35.5. The van der Waals surface area contributed by atoms with E-state index in [0.717, 1.165) is 12.8 Å². The first kappa shape index (κ1) is 24.0. The first-order chi connectivity index (χ1) is 14.6. The van der Waals surface area contributed by atoms with Crippen LogP contribution in [0.15, 0.2) is 20.1 Å². The van der Waals surface area contributed by atoms with Crippen molar-refractivity contribution in [2.45, 2.75) is 41.0 Å². The van der Waals surface area contributed by atoms with E-state index >= 15 is 0 Å². The summed E-state index contributed by atoms with van der Waals surface area (Å²) >= 11 is 82.8. The molecular formula is C20H12Cl12. The van der Waals surface area contributed by atoms with E-state index in [1.54, 1.807) is 0 Å². The van der Waals surface area contributed by atoms with Crippen LogP contribution >= 0.6 is 139 Å². The third-order valence-electron chi connectivity index (χ3n) is 10.1. The van der Waals surface area contributed by atoms with E-state index in [0.29, 0.717) is 0 Å². The normalized spacial score (nSPS) is 64.1. The van der Waals surface area contributed by atoms with Crippen LogP contribution in [-0.4, -0.2) is 28.2 Å². The Morgan fingerprint density at radius 1 is 0.469 bits per heavy atom. The van der Waals surface area contributed by atoms with E-state index < -0.39 is 28.2 Å². The van der Waals surface area contributed by atoms with Crippen molar-refractivity contribution in [2.24, 2.45) is 47.3 Å². The molecule has 0 nitrogen and oxygen atoms in total. The van der Waals surface area contributed by atoms with Crippen molar-refractivity contribution in [3.8, 4) is 0 Å². The fourth-order valence-corrected chi connectivity index (χ4v) is 15.6. The molecule has 7 aliphatic carbocycles. The summed E-state index contributed by atoms with van der Waals surface area (Å²) in [5.74, 6) is -0.0294. The zero-order chi connectivity index (χ0) is 23.3. The summed E-state index contributed by atoms with van der Waals surface area (Å²) in [6, 6.07) is 0. The van der Waals surface area contributed by atoms with E-state index in [1.165, 1.54) is 0 Å². The third-order valence-corrected chi connectivity index (χ3v) is 18.8. The summed E-state index contributed by atoms with van der Waals surface area (Å²) in [7, 11) is 0. The second kappa shape index (κ2) is 6.23. The maximum atomic E-state index is 7.23. The van der Waals surface area contributed by atoms with Crippen LogP contribution in [-0.2, 0) is 0 Å². The van der Waals surface area contributed by atoms with Crippen LogP contribution in [0.25, 0.3) is 0 Å². The van der Waals surface area contributed by atoms with Gasteiger partial charge in [-0.3, -0.25) is 0 Å². The van der Waals surface area contributed by atoms with Gasteiger partial charge >= 0.3 is 0 Å². The Bertz CT molecular complexity index is 1080. The quantitative estimate of drug-likeness (QED) is 0.177. The van der Waals surface area contributed by atoms with Crippen LogP contribution < -0.4 is 0 Å². The van der Waals surface area contributed by atoms with Crippen LogP contribution in [0.3, 0.4) is 0 Å². The Labute approximate surface area is 245 Å². The standard InChI is InChI=1S/C20H12Cl12/c21-11-12(22)18(28)10-6(15(11,25)19(18,29)30)2-3-4-1-5(7(3)10)9-8(4)16(26)13(23)14(24)17(9,27)20(16,31)32/h3-10H,1-2H2. The highest BCUT2D eigenvalue weighted by Gasteiger charge is 2.91. The van der Waals surface area contributed by atoms with E-state index in [1.807, 2.05) is 0 Å². The van der Waals surface area contributed by atoms with Crippen molar-refractivity contribution < 1.29 is 0 Å². The Hall–Kier alpha value is 2.96. The van der Waals surface area contributed by atoms with Gasteiger partial charge < -0.3 is 0 Å². The summed E-state index contributed by atoms with van der Waals surface area (Å²) in [5.41, 5.74) is 0. The number of halogens is 12. The largest absolute Gasteiger partial charge is 0.166 e. The molecule has 0 amide bonds. The van der Waals surface area contributed by atoms with Crippen molar-refractivity contribution in [1.82, 2.24) is 0 Å². The van der Waals surface area contributed by atoms with Gasteiger partial charge in [0.1, 0.15) is 19.5 Å². The zero-order valence-corrected chi connectivity index (χ0v) is 24.6. The molecule has 7 aliphatic rings. The molecule has 0 aliphatic heterocycles. The topological polar surface area (TPSA) is 0 Å². The molecule has 176 valence electrons. The molecule has 0 aromatic carbocycles. The van der Waals surface area contributed by atoms with Crippen LogP contribution in [0.4, 0.5) is 0 Å². The summed E-state index contributed by atoms with van der Waals surface area (Å²) in [6.45, 7) is 0. The lowest BCUT2D eigenvalue weighted by atomic mass is 9.62. The number of alkyl halides is 8. The first-order valence-corrected chi connectivity index (χ1v) is 14.8. The van der Waals surface area contributed by atoms with Crippen molar-refractivity contribution >= 4 is 139 Å². The van der Waals surface area contributed by atoms with Crippen LogP contribution in [0.5, 0.6) is 0 Å². The molecule has 0 radical (unpaired) electrons. The molecule has 12 atom stereocenters. The molecular weight excluding hydrogens is 666 g/mol. The predicted octanol–water partition coefficient (Wildman–Crippen LogP) is 9.43. The SMILES string of the molecule is ClC1=C(Cl)C2(Cl)C3C4C(CC3C1(Cl)C2(Cl)Cl)C1CC4C2C1C1(Cl)C(Cl)=C(Cl)C2(Cl)C1(Cl)Cl. The van der Waals surface area contributed by atoms with Crippen molar-refractivity contribution in [1.29, 1.82) is 0 Å². The maximum absolute atomic E-state index is 7.23. The number of fused-ring (bicyclic) bond motifs is 18. The van der Waals surface area contributed by atoms with Crippen LogP contribution in [0.1, 0.15) is 12.8 Å². The van der Waals surface area contributed by atoms with E-state index in [2.05, 4.69) is 0 Å². The number of hydrogen-bond donors (Lipinski definition) is 0. The molecule has 0 aromatic rings. The minimum absolute atomic E-state index is 0.0844. The molecule has 32 heavy (non-hydrogen) atoms. The molecule has 0 aromatic heterocycles. The Balaban J connectivity index is 1.41. The predicted molar refractivity (Wildman–Crippen MR) is 138 cm³/mol. The van der Waals surface area contributed by atoms with Gasteiger partial charge in [-0.05, 0) is 60.2 Å².